The van der Waals surface area contributed by atoms with Gasteiger partial charge in [-0.3, -0.25) is 9.10 Å². The zero-order chi connectivity index (χ0) is 23.1. The van der Waals surface area contributed by atoms with Gasteiger partial charge in [0, 0.05) is 0 Å². The number of ether oxygens (including phenoxy) is 2. The summed E-state index contributed by atoms with van der Waals surface area (Å²) in [5.41, 5.74) is 0.806. The van der Waals surface area contributed by atoms with Crippen molar-refractivity contribution < 1.29 is 22.7 Å². The van der Waals surface area contributed by atoms with Crippen LogP contribution in [-0.4, -0.2) is 33.2 Å². The molecule has 7 nitrogen and oxygen atoms in total. The molecule has 0 aliphatic rings. The van der Waals surface area contributed by atoms with E-state index in [9.17, 15) is 13.2 Å². The maximum atomic E-state index is 13.1. The summed E-state index contributed by atoms with van der Waals surface area (Å²) in [4.78, 5) is 13.1. The van der Waals surface area contributed by atoms with Crippen molar-refractivity contribution in [3.05, 3.63) is 78.9 Å². The lowest BCUT2D eigenvalue weighted by Gasteiger charge is -2.28. The van der Waals surface area contributed by atoms with Gasteiger partial charge in [-0.15, -0.1) is 0 Å². The Morgan fingerprint density at radius 2 is 1.56 bits per heavy atom. The Morgan fingerprint density at radius 3 is 2.19 bits per heavy atom. The van der Waals surface area contributed by atoms with Crippen LogP contribution in [0.1, 0.15) is 13.8 Å². The number of sulfonamides is 1. The second kappa shape index (κ2) is 10.2. The van der Waals surface area contributed by atoms with E-state index in [4.69, 9.17) is 9.47 Å². The van der Waals surface area contributed by atoms with Crippen molar-refractivity contribution in [2.45, 2.75) is 19.9 Å². The van der Waals surface area contributed by atoms with Crippen molar-refractivity contribution in [1.29, 1.82) is 0 Å². The summed E-state index contributed by atoms with van der Waals surface area (Å²) in [6.07, 6.45) is 1.07. The molecule has 0 spiro atoms. The van der Waals surface area contributed by atoms with Gasteiger partial charge in [0.15, 0.2) is 5.75 Å². The van der Waals surface area contributed by atoms with Gasteiger partial charge in [-0.2, -0.15) is 0 Å². The van der Waals surface area contributed by atoms with Crippen LogP contribution in [0.25, 0.3) is 0 Å². The van der Waals surface area contributed by atoms with Crippen molar-refractivity contribution in [2.24, 2.45) is 0 Å². The molecule has 0 saturated heterocycles. The predicted molar refractivity (Wildman–Crippen MR) is 126 cm³/mol. The first kappa shape index (κ1) is 23.1. The molecular weight excluding hydrogens is 428 g/mol. The highest BCUT2D eigenvalue weighted by Crippen LogP contribution is 2.30. The summed E-state index contributed by atoms with van der Waals surface area (Å²) >= 11 is 0. The van der Waals surface area contributed by atoms with Gasteiger partial charge >= 0.3 is 0 Å². The Morgan fingerprint density at radius 1 is 0.938 bits per heavy atom. The number of nitrogens with one attached hydrogen (secondary N) is 1. The average molecular weight is 455 g/mol. The molecule has 0 saturated carbocycles. The molecule has 0 fully saturated rings. The summed E-state index contributed by atoms with van der Waals surface area (Å²) in [6.45, 7) is 3.90. The lowest BCUT2D eigenvalue weighted by molar-refractivity contribution is -0.116. The van der Waals surface area contributed by atoms with Crippen molar-refractivity contribution in [1.82, 2.24) is 0 Å². The minimum atomic E-state index is -3.74. The molecule has 3 aromatic rings. The molecule has 1 atom stereocenters. The van der Waals surface area contributed by atoms with Gasteiger partial charge < -0.3 is 14.8 Å². The number of benzene rings is 3. The third-order valence-corrected chi connectivity index (χ3v) is 5.85. The second-order valence-corrected chi connectivity index (χ2v) is 8.92. The van der Waals surface area contributed by atoms with Gasteiger partial charge in [-0.1, -0.05) is 30.3 Å². The molecule has 0 aliphatic heterocycles. The third kappa shape index (κ3) is 5.79. The Kier molecular flexibility index (Phi) is 7.37. The Labute approximate surface area is 188 Å². The van der Waals surface area contributed by atoms with E-state index in [0.29, 0.717) is 35.2 Å². The zero-order valence-electron chi connectivity index (χ0n) is 18.2. The Bertz CT molecular complexity index is 1150. The summed E-state index contributed by atoms with van der Waals surface area (Å²) in [5.74, 6) is 1.20. The van der Waals surface area contributed by atoms with Crippen LogP contribution in [-0.2, 0) is 14.8 Å². The van der Waals surface area contributed by atoms with E-state index >= 15 is 0 Å². The van der Waals surface area contributed by atoms with Crippen LogP contribution in [0, 0.1) is 0 Å². The van der Waals surface area contributed by atoms with Crippen LogP contribution in [0.4, 0.5) is 11.4 Å². The van der Waals surface area contributed by atoms with E-state index in [1.165, 1.54) is 6.92 Å². The SMILES string of the molecule is CCOc1ccc(N(C(C)C(=O)Nc2ccccc2Oc2ccccc2)S(C)(=O)=O)cc1. The van der Waals surface area contributed by atoms with Crippen molar-refractivity contribution in [2.75, 3.05) is 22.5 Å². The van der Waals surface area contributed by atoms with Gasteiger partial charge in [0.05, 0.1) is 24.2 Å². The first-order chi connectivity index (χ1) is 15.3. The normalized spacial score (nSPS) is 12.0. The van der Waals surface area contributed by atoms with Gasteiger partial charge in [0.2, 0.25) is 15.9 Å². The van der Waals surface area contributed by atoms with Gasteiger partial charge in [0.25, 0.3) is 0 Å². The lowest BCUT2D eigenvalue weighted by Crippen LogP contribution is -2.45. The molecule has 0 bridgehead atoms. The number of rotatable bonds is 9. The summed E-state index contributed by atoms with van der Waals surface area (Å²) in [5, 5.41) is 2.79. The molecule has 0 aliphatic carbocycles. The number of hydrogen-bond acceptors (Lipinski definition) is 5. The first-order valence-electron chi connectivity index (χ1n) is 10.1. The van der Waals surface area contributed by atoms with Crippen LogP contribution >= 0.6 is 0 Å². The largest absolute Gasteiger partial charge is 0.494 e. The predicted octanol–water partition coefficient (Wildman–Crippen LogP) is 4.67. The number of hydrogen-bond donors (Lipinski definition) is 1. The molecule has 32 heavy (non-hydrogen) atoms. The first-order valence-corrected chi connectivity index (χ1v) is 12.0. The van der Waals surface area contributed by atoms with E-state index in [1.807, 2.05) is 25.1 Å². The maximum Gasteiger partial charge on any atom is 0.248 e. The molecule has 3 aromatic carbocycles. The molecule has 0 aromatic heterocycles. The molecule has 1 N–H and O–H groups in total. The third-order valence-electron chi connectivity index (χ3n) is 4.61. The molecule has 1 unspecified atom stereocenters. The van der Waals surface area contributed by atoms with Crippen LogP contribution in [0.15, 0.2) is 78.9 Å². The molecule has 3 rings (SSSR count). The molecule has 0 radical (unpaired) electrons. The summed E-state index contributed by atoms with van der Waals surface area (Å²) in [6, 6.07) is 21.7. The van der Waals surface area contributed by atoms with Crippen LogP contribution < -0.4 is 19.1 Å². The van der Waals surface area contributed by atoms with E-state index in [1.54, 1.807) is 60.7 Å². The number of carbonyl (C=O) groups excluding carboxylic acids is 1. The van der Waals surface area contributed by atoms with Crippen LogP contribution in [0.2, 0.25) is 0 Å². The fraction of sp³-hybridized carbons (Fsp3) is 0.208. The molecule has 0 heterocycles. The number of para-hydroxylation sites is 3. The summed E-state index contributed by atoms with van der Waals surface area (Å²) < 4.78 is 37.5. The molecular formula is C24H26N2O5S. The minimum Gasteiger partial charge on any atom is -0.494 e. The van der Waals surface area contributed by atoms with Crippen molar-refractivity contribution in [3.63, 3.8) is 0 Å². The molecule has 8 heteroatoms. The maximum absolute atomic E-state index is 13.1. The van der Waals surface area contributed by atoms with E-state index in [-0.39, 0.29) is 0 Å². The Hall–Kier alpha value is -3.52. The quantitative estimate of drug-likeness (QED) is 0.508. The number of anilines is 2. The van der Waals surface area contributed by atoms with Gasteiger partial charge in [-0.05, 0) is 62.4 Å². The number of nitrogens with zero attached hydrogens (tertiary/aromatic N) is 1. The highest BCUT2D eigenvalue weighted by molar-refractivity contribution is 7.92. The number of amides is 1. The Balaban J connectivity index is 1.83. The highest BCUT2D eigenvalue weighted by atomic mass is 32.2. The fourth-order valence-electron chi connectivity index (χ4n) is 3.18. The smallest absolute Gasteiger partial charge is 0.248 e. The monoisotopic (exact) mass is 454 g/mol. The highest BCUT2D eigenvalue weighted by Gasteiger charge is 2.29. The van der Waals surface area contributed by atoms with E-state index < -0.39 is 22.0 Å². The van der Waals surface area contributed by atoms with Crippen molar-refractivity contribution >= 4 is 27.3 Å². The van der Waals surface area contributed by atoms with Gasteiger partial charge in [-0.25, -0.2) is 8.42 Å². The topological polar surface area (TPSA) is 84.9 Å². The lowest BCUT2D eigenvalue weighted by atomic mass is 10.2. The second-order valence-electron chi connectivity index (χ2n) is 7.06. The van der Waals surface area contributed by atoms with Gasteiger partial charge in [0.1, 0.15) is 17.5 Å². The molecule has 168 valence electrons. The van der Waals surface area contributed by atoms with Crippen LogP contribution in [0.5, 0.6) is 17.2 Å². The fourth-order valence-corrected chi connectivity index (χ4v) is 4.35. The standard InChI is InChI=1S/C24H26N2O5S/c1-4-30-20-16-14-19(15-17-20)26(32(3,28)29)18(2)24(27)25-22-12-8-9-13-23(22)31-21-10-6-5-7-11-21/h5-18H,4H2,1-3H3,(H,25,27). The zero-order valence-corrected chi connectivity index (χ0v) is 19.0. The van der Waals surface area contributed by atoms with E-state index in [0.717, 1.165) is 10.6 Å². The molecule has 1 amide bonds. The van der Waals surface area contributed by atoms with Crippen molar-refractivity contribution in [3.8, 4) is 17.2 Å². The van der Waals surface area contributed by atoms with E-state index in [2.05, 4.69) is 5.32 Å². The minimum absolute atomic E-state index is 0.368. The summed E-state index contributed by atoms with van der Waals surface area (Å²) in [7, 11) is -3.74. The number of carbonyl (C=O) groups is 1. The van der Waals surface area contributed by atoms with Crippen LogP contribution in [0.3, 0.4) is 0 Å². The average Bonchev–Trinajstić information content (AvgIpc) is 2.76.